The lowest BCUT2D eigenvalue weighted by Crippen LogP contribution is -2.24. The number of halogens is 3. The van der Waals surface area contributed by atoms with E-state index in [2.05, 4.69) is 4.74 Å². The van der Waals surface area contributed by atoms with E-state index in [4.69, 9.17) is 4.74 Å². The van der Waals surface area contributed by atoms with Gasteiger partial charge in [0.25, 0.3) is 5.91 Å². The van der Waals surface area contributed by atoms with Crippen LogP contribution in [-0.4, -0.2) is 31.4 Å². The molecular formula is C17H12F3NO5. The van der Waals surface area contributed by atoms with Gasteiger partial charge in [0.1, 0.15) is 12.0 Å². The van der Waals surface area contributed by atoms with Crippen LogP contribution in [-0.2, 0) is 14.3 Å². The van der Waals surface area contributed by atoms with Crippen LogP contribution in [0.1, 0.15) is 10.4 Å². The molecule has 0 aliphatic heterocycles. The van der Waals surface area contributed by atoms with Crippen molar-refractivity contribution in [3.63, 3.8) is 0 Å². The Morgan fingerprint density at radius 3 is 2.31 bits per heavy atom. The summed E-state index contributed by atoms with van der Waals surface area (Å²) in [4.78, 5) is 33.6. The largest absolute Gasteiger partial charge is 0.482 e. The number of benzene rings is 2. The van der Waals surface area contributed by atoms with E-state index < -0.39 is 48.2 Å². The van der Waals surface area contributed by atoms with Crippen LogP contribution < -0.4 is 10.1 Å². The number of nitrogens with one attached hydrogen (secondary N) is 1. The van der Waals surface area contributed by atoms with Crippen molar-refractivity contribution in [2.45, 2.75) is 0 Å². The van der Waals surface area contributed by atoms with Gasteiger partial charge >= 0.3 is 5.97 Å². The number of anilines is 1. The highest BCUT2D eigenvalue weighted by molar-refractivity contribution is 5.93. The van der Waals surface area contributed by atoms with E-state index in [9.17, 15) is 27.6 Å². The third-order valence-corrected chi connectivity index (χ3v) is 3.05. The molecule has 0 fully saturated rings. The Labute approximate surface area is 145 Å². The maximum Gasteiger partial charge on any atom is 0.344 e. The van der Waals surface area contributed by atoms with E-state index in [1.54, 1.807) is 0 Å². The first kappa shape index (κ1) is 19.0. The van der Waals surface area contributed by atoms with E-state index in [0.29, 0.717) is 23.7 Å². The van der Waals surface area contributed by atoms with Crippen LogP contribution in [0.15, 0.2) is 36.4 Å². The highest BCUT2D eigenvalue weighted by Crippen LogP contribution is 2.19. The number of carbonyl (C=O) groups is 3. The number of amides is 1. The molecule has 1 N–H and O–H groups in total. The van der Waals surface area contributed by atoms with Crippen molar-refractivity contribution in [1.29, 1.82) is 0 Å². The maximum absolute atomic E-state index is 13.4. The third kappa shape index (κ3) is 5.07. The molecule has 0 aliphatic carbocycles. The van der Waals surface area contributed by atoms with Gasteiger partial charge in [0.05, 0.1) is 5.69 Å². The molecule has 0 atom stereocenters. The van der Waals surface area contributed by atoms with Gasteiger partial charge in [-0.1, -0.05) is 0 Å². The lowest BCUT2D eigenvalue weighted by molar-refractivity contribution is -0.149. The van der Waals surface area contributed by atoms with Crippen molar-refractivity contribution in [2.75, 3.05) is 18.5 Å². The number of hydrogen-bond acceptors (Lipinski definition) is 5. The van der Waals surface area contributed by atoms with Crippen molar-refractivity contribution in [3.05, 3.63) is 59.4 Å². The monoisotopic (exact) mass is 367 g/mol. The highest BCUT2D eigenvalue weighted by Gasteiger charge is 2.16. The number of carbonyl (C=O) groups excluding carboxylic acids is 3. The minimum absolute atomic E-state index is 0.306. The molecule has 0 heterocycles. The molecule has 136 valence electrons. The number of esters is 1. The second-order valence-electron chi connectivity index (χ2n) is 4.91. The fraction of sp³-hybridized carbons (Fsp3) is 0.118. The number of hydrogen-bond donors (Lipinski definition) is 1. The fourth-order valence-electron chi connectivity index (χ4n) is 1.78. The van der Waals surface area contributed by atoms with E-state index in [1.165, 1.54) is 24.3 Å². The van der Waals surface area contributed by atoms with E-state index in [1.807, 2.05) is 5.32 Å². The quantitative estimate of drug-likeness (QED) is 0.462. The molecule has 2 aromatic rings. The number of rotatable bonds is 7. The predicted molar refractivity (Wildman–Crippen MR) is 83.2 cm³/mol. The molecule has 6 nitrogen and oxygen atoms in total. The molecule has 9 heteroatoms. The Morgan fingerprint density at radius 2 is 1.65 bits per heavy atom. The summed E-state index contributed by atoms with van der Waals surface area (Å²) in [5.41, 5.74) is -0.155. The summed E-state index contributed by atoms with van der Waals surface area (Å²) in [5.74, 6) is -6.21. The first-order chi connectivity index (χ1) is 12.4. The molecule has 26 heavy (non-hydrogen) atoms. The molecule has 0 unspecified atom stereocenters. The molecule has 2 aromatic carbocycles. The Kier molecular flexibility index (Phi) is 6.31. The summed E-state index contributed by atoms with van der Waals surface area (Å²) >= 11 is 0. The Balaban J connectivity index is 1.78. The predicted octanol–water partition coefficient (Wildman–Crippen LogP) is 2.48. The molecule has 0 spiro atoms. The summed E-state index contributed by atoms with van der Waals surface area (Å²) in [6, 6.07) is 7.38. The Morgan fingerprint density at radius 1 is 0.962 bits per heavy atom. The molecule has 0 saturated carbocycles. The SMILES string of the molecule is O=Cc1ccc(OCC(=O)OCC(=O)Nc2ccc(F)c(F)c2F)cc1. The second kappa shape index (κ2) is 8.65. The van der Waals surface area contributed by atoms with Gasteiger partial charge in [-0.05, 0) is 36.4 Å². The lowest BCUT2D eigenvalue weighted by atomic mass is 10.2. The highest BCUT2D eigenvalue weighted by atomic mass is 19.2. The molecule has 0 aliphatic rings. The lowest BCUT2D eigenvalue weighted by Gasteiger charge is -2.09. The number of ether oxygens (including phenoxy) is 2. The van der Waals surface area contributed by atoms with Crippen molar-refractivity contribution >= 4 is 23.9 Å². The summed E-state index contributed by atoms with van der Waals surface area (Å²) in [7, 11) is 0. The van der Waals surface area contributed by atoms with Gasteiger partial charge in [-0.15, -0.1) is 0 Å². The van der Waals surface area contributed by atoms with Crippen molar-refractivity contribution in [1.82, 2.24) is 0 Å². The average Bonchev–Trinajstić information content (AvgIpc) is 2.65. The van der Waals surface area contributed by atoms with Gasteiger partial charge < -0.3 is 14.8 Å². The average molecular weight is 367 g/mol. The van der Waals surface area contributed by atoms with Crippen LogP contribution in [0.4, 0.5) is 18.9 Å². The van der Waals surface area contributed by atoms with Gasteiger partial charge in [0, 0.05) is 5.56 Å². The first-order valence-electron chi connectivity index (χ1n) is 7.17. The van der Waals surface area contributed by atoms with Gasteiger partial charge in [-0.25, -0.2) is 18.0 Å². The zero-order valence-corrected chi connectivity index (χ0v) is 13.1. The standard InChI is InChI=1S/C17H12F3NO5/c18-12-5-6-13(17(20)16(12)19)21-14(23)8-26-15(24)9-25-11-3-1-10(7-22)2-4-11/h1-7H,8-9H2,(H,21,23). The van der Waals surface area contributed by atoms with Gasteiger partial charge in [-0.3, -0.25) is 9.59 Å². The summed E-state index contributed by atoms with van der Waals surface area (Å²) in [6.07, 6.45) is 0.645. The van der Waals surface area contributed by atoms with E-state index in [0.717, 1.165) is 6.07 Å². The van der Waals surface area contributed by atoms with Crippen LogP contribution in [0, 0.1) is 17.5 Å². The van der Waals surface area contributed by atoms with E-state index >= 15 is 0 Å². The van der Waals surface area contributed by atoms with E-state index in [-0.39, 0.29) is 0 Å². The fourth-order valence-corrected chi connectivity index (χ4v) is 1.78. The van der Waals surface area contributed by atoms with Gasteiger partial charge in [0.2, 0.25) is 0 Å². The van der Waals surface area contributed by atoms with Gasteiger partial charge in [0.15, 0.2) is 30.7 Å². The smallest absolute Gasteiger partial charge is 0.344 e. The summed E-state index contributed by atoms with van der Waals surface area (Å²) < 4.78 is 48.9. The Hall–Kier alpha value is -3.36. The third-order valence-electron chi connectivity index (χ3n) is 3.05. The zero-order chi connectivity index (χ0) is 19.1. The minimum atomic E-state index is -1.73. The molecule has 0 saturated heterocycles. The molecule has 0 radical (unpaired) electrons. The normalized spacial score (nSPS) is 10.1. The second-order valence-corrected chi connectivity index (χ2v) is 4.91. The van der Waals surface area contributed by atoms with Crippen LogP contribution >= 0.6 is 0 Å². The Bertz CT molecular complexity index is 824. The molecular weight excluding hydrogens is 355 g/mol. The molecule has 0 aromatic heterocycles. The van der Waals surface area contributed by atoms with Gasteiger partial charge in [-0.2, -0.15) is 0 Å². The van der Waals surface area contributed by atoms with Crippen molar-refractivity contribution < 1.29 is 37.0 Å². The van der Waals surface area contributed by atoms with Crippen LogP contribution in [0.25, 0.3) is 0 Å². The van der Waals surface area contributed by atoms with Crippen molar-refractivity contribution in [2.24, 2.45) is 0 Å². The molecule has 1 amide bonds. The minimum Gasteiger partial charge on any atom is -0.482 e. The van der Waals surface area contributed by atoms with Crippen LogP contribution in [0.5, 0.6) is 5.75 Å². The maximum atomic E-state index is 13.4. The number of aldehydes is 1. The zero-order valence-electron chi connectivity index (χ0n) is 13.1. The molecule has 2 rings (SSSR count). The topological polar surface area (TPSA) is 81.7 Å². The summed E-state index contributed by atoms with van der Waals surface area (Å²) in [5, 5.41) is 1.95. The van der Waals surface area contributed by atoms with Crippen LogP contribution in [0.2, 0.25) is 0 Å². The van der Waals surface area contributed by atoms with Crippen molar-refractivity contribution in [3.8, 4) is 5.75 Å². The summed E-state index contributed by atoms with van der Waals surface area (Å²) in [6.45, 7) is -1.28. The van der Waals surface area contributed by atoms with Crippen LogP contribution in [0.3, 0.4) is 0 Å². The molecule has 0 bridgehead atoms. The first-order valence-corrected chi connectivity index (χ1v) is 7.17.